The zero-order valence-corrected chi connectivity index (χ0v) is 11.9. The Bertz CT molecular complexity index is 616. The Morgan fingerprint density at radius 3 is 2.26 bits per heavy atom. The molecule has 0 saturated carbocycles. The molecule has 2 rings (SSSR count). The summed E-state index contributed by atoms with van der Waals surface area (Å²) in [7, 11) is 2.02. The second-order valence-corrected chi connectivity index (χ2v) is 5.01. The number of benzene rings is 2. The first kappa shape index (κ1) is 13.3. The maximum atomic E-state index is 11.5. The van der Waals surface area contributed by atoms with Gasteiger partial charge >= 0.3 is 0 Å². The van der Waals surface area contributed by atoms with Crippen LogP contribution in [0, 0.1) is 13.8 Å². The molecule has 0 amide bonds. The maximum absolute atomic E-state index is 11.5. The van der Waals surface area contributed by atoms with E-state index in [-0.39, 0.29) is 5.78 Å². The molecule has 2 nitrogen and oxygen atoms in total. The monoisotopic (exact) mass is 253 g/mol. The molecule has 2 heteroatoms. The van der Waals surface area contributed by atoms with Crippen LogP contribution >= 0.6 is 0 Å². The molecule has 2 aromatic rings. The summed E-state index contributed by atoms with van der Waals surface area (Å²) in [5.74, 6) is 0.0996. The highest BCUT2D eigenvalue weighted by Crippen LogP contribution is 2.26. The normalized spacial score (nSPS) is 10.3. The third kappa shape index (κ3) is 3.02. The van der Waals surface area contributed by atoms with Crippen molar-refractivity contribution in [1.82, 2.24) is 0 Å². The smallest absolute Gasteiger partial charge is 0.159 e. The molecule has 0 aliphatic rings. The Morgan fingerprint density at radius 1 is 0.947 bits per heavy atom. The second kappa shape index (κ2) is 5.27. The van der Waals surface area contributed by atoms with E-state index < -0.39 is 0 Å². The lowest BCUT2D eigenvalue weighted by atomic mass is 10.1. The van der Waals surface area contributed by atoms with Crippen molar-refractivity contribution in [3.8, 4) is 0 Å². The van der Waals surface area contributed by atoms with Gasteiger partial charge in [-0.15, -0.1) is 0 Å². The summed E-state index contributed by atoms with van der Waals surface area (Å²) < 4.78 is 0. The lowest BCUT2D eigenvalue weighted by Crippen LogP contribution is -2.10. The summed E-state index contributed by atoms with van der Waals surface area (Å²) in [4.78, 5) is 13.6. The first-order valence-corrected chi connectivity index (χ1v) is 6.40. The Morgan fingerprint density at radius 2 is 1.63 bits per heavy atom. The minimum atomic E-state index is 0.0996. The minimum absolute atomic E-state index is 0.0996. The third-order valence-corrected chi connectivity index (χ3v) is 3.24. The molecule has 0 bridgehead atoms. The molecule has 0 spiro atoms. The van der Waals surface area contributed by atoms with Gasteiger partial charge in [0.1, 0.15) is 0 Å². The van der Waals surface area contributed by atoms with Crippen molar-refractivity contribution in [1.29, 1.82) is 0 Å². The number of rotatable bonds is 3. The van der Waals surface area contributed by atoms with Gasteiger partial charge in [0.05, 0.1) is 0 Å². The number of carbonyl (C=O) groups excluding carboxylic acids is 1. The second-order valence-electron chi connectivity index (χ2n) is 5.01. The fraction of sp³-hybridized carbons (Fsp3) is 0.235. The van der Waals surface area contributed by atoms with Crippen LogP contribution < -0.4 is 4.90 Å². The number of Topliss-reactive ketones (excluding diaryl/α,β-unsaturated/α-hetero) is 1. The van der Waals surface area contributed by atoms with Gasteiger partial charge in [-0.1, -0.05) is 12.1 Å². The molecule has 0 N–H and O–H groups in total. The van der Waals surface area contributed by atoms with Gasteiger partial charge in [-0.2, -0.15) is 0 Å². The summed E-state index contributed by atoms with van der Waals surface area (Å²) in [5.41, 5.74) is 5.25. The molecule has 0 unspecified atom stereocenters. The van der Waals surface area contributed by atoms with Gasteiger partial charge in [0.15, 0.2) is 5.78 Å². The SMILES string of the molecule is CC(=O)c1cc(C)cc(N(C)c2cccc(C)c2)c1. The predicted molar refractivity (Wildman–Crippen MR) is 80.4 cm³/mol. The average Bonchev–Trinajstić information content (AvgIpc) is 2.37. The largest absolute Gasteiger partial charge is 0.345 e. The number of aryl methyl sites for hydroxylation is 2. The van der Waals surface area contributed by atoms with Crippen LogP contribution in [0.5, 0.6) is 0 Å². The van der Waals surface area contributed by atoms with Gasteiger partial charge in [0.2, 0.25) is 0 Å². The molecule has 0 heterocycles. The van der Waals surface area contributed by atoms with Gasteiger partial charge in [-0.25, -0.2) is 0 Å². The Labute approximate surface area is 114 Å². The van der Waals surface area contributed by atoms with Crippen molar-refractivity contribution in [2.45, 2.75) is 20.8 Å². The zero-order chi connectivity index (χ0) is 14.0. The van der Waals surface area contributed by atoms with E-state index in [0.29, 0.717) is 0 Å². The van der Waals surface area contributed by atoms with E-state index in [1.54, 1.807) is 6.92 Å². The van der Waals surface area contributed by atoms with Crippen LogP contribution in [0.4, 0.5) is 11.4 Å². The molecule has 0 aromatic heterocycles. The number of carbonyl (C=O) groups is 1. The molecule has 0 atom stereocenters. The highest BCUT2D eigenvalue weighted by Gasteiger charge is 2.08. The zero-order valence-electron chi connectivity index (χ0n) is 11.9. The fourth-order valence-corrected chi connectivity index (χ4v) is 2.15. The van der Waals surface area contributed by atoms with Crippen molar-refractivity contribution >= 4 is 17.2 Å². The summed E-state index contributed by atoms with van der Waals surface area (Å²) in [6.45, 7) is 5.69. The number of hydrogen-bond acceptors (Lipinski definition) is 2. The van der Waals surface area contributed by atoms with Gasteiger partial charge in [-0.05, 0) is 62.2 Å². The standard InChI is InChI=1S/C17H19NO/c1-12-6-5-7-16(9-12)18(4)17-10-13(2)8-15(11-17)14(3)19/h5-11H,1-4H3. The highest BCUT2D eigenvalue weighted by molar-refractivity contribution is 5.95. The van der Waals surface area contributed by atoms with E-state index in [1.165, 1.54) is 5.56 Å². The molecule has 2 aromatic carbocycles. The van der Waals surface area contributed by atoms with E-state index >= 15 is 0 Å². The molecular weight excluding hydrogens is 234 g/mol. The fourth-order valence-electron chi connectivity index (χ4n) is 2.15. The first-order chi connectivity index (χ1) is 8.97. The summed E-state index contributed by atoms with van der Waals surface area (Å²) in [6, 6.07) is 14.3. The molecule has 0 fully saturated rings. The molecule has 19 heavy (non-hydrogen) atoms. The van der Waals surface area contributed by atoms with Crippen LogP contribution in [0.15, 0.2) is 42.5 Å². The molecule has 0 saturated heterocycles. The predicted octanol–water partition coefficient (Wildman–Crippen LogP) is 4.27. The average molecular weight is 253 g/mol. The summed E-state index contributed by atoms with van der Waals surface area (Å²) in [6.07, 6.45) is 0. The first-order valence-electron chi connectivity index (χ1n) is 6.40. The van der Waals surface area contributed by atoms with Crippen LogP contribution in [0.3, 0.4) is 0 Å². The van der Waals surface area contributed by atoms with Crippen LogP contribution in [0.1, 0.15) is 28.4 Å². The van der Waals surface area contributed by atoms with Crippen LogP contribution in [-0.2, 0) is 0 Å². The summed E-state index contributed by atoms with van der Waals surface area (Å²) in [5, 5.41) is 0. The van der Waals surface area contributed by atoms with Gasteiger partial charge in [0.25, 0.3) is 0 Å². The number of nitrogens with zero attached hydrogens (tertiary/aromatic N) is 1. The van der Waals surface area contributed by atoms with E-state index in [2.05, 4.69) is 36.1 Å². The minimum Gasteiger partial charge on any atom is -0.345 e. The van der Waals surface area contributed by atoms with Gasteiger partial charge in [-0.3, -0.25) is 4.79 Å². The topological polar surface area (TPSA) is 20.3 Å². The Hall–Kier alpha value is -2.09. The van der Waals surface area contributed by atoms with Crippen molar-refractivity contribution in [2.24, 2.45) is 0 Å². The van der Waals surface area contributed by atoms with Crippen molar-refractivity contribution < 1.29 is 4.79 Å². The van der Waals surface area contributed by atoms with Crippen molar-refractivity contribution in [3.63, 3.8) is 0 Å². The molecule has 0 aliphatic heterocycles. The third-order valence-electron chi connectivity index (χ3n) is 3.24. The molecular formula is C17H19NO. The molecule has 0 radical (unpaired) electrons. The van der Waals surface area contributed by atoms with Crippen molar-refractivity contribution in [3.05, 3.63) is 59.2 Å². The molecule has 0 aliphatic carbocycles. The highest BCUT2D eigenvalue weighted by atomic mass is 16.1. The van der Waals surface area contributed by atoms with E-state index in [4.69, 9.17) is 0 Å². The lowest BCUT2D eigenvalue weighted by Gasteiger charge is -2.21. The number of anilines is 2. The molecule has 98 valence electrons. The number of ketones is 1. The van der Waals surface area contributed by atoms with Crippen molar-refractivity contribution in [2.75, 3.05) is 11.9 Å². The van der Waals surface area contributed by atoms with Crippen LogP contribution in [0.25, 0.3) is 0 Å². The van der Waals surface area contributed by atoms with Gasteiger partial charge < -0.3 is 4.90 Å². The lowest BCUT2D eigenvalue weighted by molar-refractivity contribution is 0.101. The van der Waals surface area contributed by atoms with E-state index in [9.17, 15) is 4.79 Å². The number of hydrogen-bond donors (Lipinski definition) is 0. The van der Waals surface area contributed by atoms with Crippen LogP contribution in [0.2, 0.25) is 0 Å². The van der Waals surface area contributed by atoms with E-state index in [0.717, 1.165) is 22.5 Å². The Balaban J connectivity index is 2.43. The summed E-state index contributed by atoms with van der Waals surface area (Å²) >= 11 is 0. The maximum Gasteiger partial charge on any atom is 0.159 e. The van der Waals surface area contributed by atoms with Gasteiger partial charge in [0, 0.05) is 24.0 Å². The van der Waals surface area contributed by atoms with E-state index in [1.807, 2.05) is 32.2 Å². The van der Waals surface area contributed by atoms with Crippen LogP contribution in [-0.4, -0.2) is 12.8 Å². The Kier molecular flexibility index (Phi) is 3.70. The quantitative estimate of drug-likeness (QED) is 0.761.